The van der Waals surface area contributed by atoms with Crippen molar-refractivity contribution in [1.82, 2.24) is 0 Å². The molecule has 0 spiro atoms. The molecule has 1 heterocycles. The van der Waals surface area contributed by atoms with Crippen LogP contribution in [-0.2, 0) is 4.74 Å². The summed E-state index contributed by atoms with van der Waals surface area (Å²) in [5.74, 6) is 0.696. The molecule has 1 aliphatic heterocycles. The van der Waals surface area contributed by atoms with E-state index in [1.807, 2.05) is 0 Å². The van der Waals surface area contributed by atoms with E-state index in [9.17, 15) is 0 Å². The second-order valence-corrected chi connectivity index (χ2v) is 4.79. The maximum atomic E-state index is 9.09. The molecule has 1 aliphatic rings. The molecule has 14 heavy (non-hydrogen) atoms. The third-order valence-corrected chi connectivity index (χ3v) is 3.11. The predicted molar refractivity (Wildman–Crippen MR) is 58.3 cm³/mol. The van der Waals surface area contributed by atoms with E-state index in [0.29, 0.717) is 5.92 Å². The van der Waals surface area contributed by atoms with E-state index >= 15 is 0 Å². The second kappa shape index (κ2) is 5.72. The summed E-state index contributed by atoms with van der Waals surface area (Å²) < 4.78 is 5.29. The first-order valence-electron chi connectivity index (χ1n) is 5.97. The van der Waals surface area contributed by atoms with Gasteiger partial charge in [-0.25, -0.2) is 0 Å². The molecule has 84 valence electrons. The number of unbranched alkanes of at least 4 members (excludes halogenated alkanes) is 3. The highest BCUT2D eigenvalue weighted by atomic mass is 16.6. The van der Waals surface area contributed by atoms with Crippen LogP contribution in [-0.4, -0.2) is 23.9 Å². The van der Waals surface area contributed by atoms with Gasteiger partial charge in [-0.15, -0.1) is 0 Å². The summed E-state index contributed by atoms with van der Waals surface area (Å²) in [6.07, 6.45) is 7.66. The lowest BCUT2D eigenvalue weighted by Gasteiger charge is -2.15. The molecule has 0 aromatic heterocycles. The zero-order chi connectivity index (χ0) is 10.4. The fourth-order valence-corrected chi connectivity index (χ4v) is 2.03. The summed E-state index contributed by atoms with van der Waals surface area (Å²) in [7, 11) is 0. The average Bonchev–Trinajstić information content (AvgIpc) is 2.93. The van der Waals surface area contributed by atoms with Gasteiger partial charge in [0.15, 0.2) is 0 Å². The van der Waals surface area contributed by atoms with Crippen LogP contribution in [0.4, 0.5) is 0 Å². The van der Waals surface area contributed by atoms with Crippen LogP contribution in [0, 0.1) is 5.92 Å². The normalized spacial score (nSPS) is 27.6. The van der Waals surface area contributed by atoms with Crippen molar-refractivity contribution in [2.75, 3.05) is 13.2 Å². The molecule has 0 radical (unpaired) electrons. The van der Waals surface area contributed by atoms with Crippen LogP contribution < -0.4 is 0 Å². The number of ether oxygens (including phenoxy) is 1. The molecule has 0 amide bonds. The van der Waals surface area contributed by atoms with Gasteiger partial charge in [0.25, 0.3) is 0 Å². The van der Waals surface area contributed by atoms with Crippen LogP contribution in [0.1, 0.15) is 52.4 Å². The summed E-state index contributed by atoms with van der Waals surface area (Å²) in [5, 5.41) is 9.09. The van der Waals surface area contributed by atoms with Crippen LogP contribution in [0.25, 0.3) is 0 Å². The van der Waals surface area contributed by atoms with Crippen molar-refractivity contribution in [3.8, 4) is 0 Å². The smallest absolute Gasteiger partial charge is 0.115 e. The van der Waals surface area contributed by atoms with Crippen molar-refractivity contribution in [2.45, 2.75) is 58.0 Å². The number of aliphatic hydroxyl groups excluding tert-OH is 1. The summed E-state index contributed by atoms with van der Waals surface area (Å²) in [6, 6.07) is 0. The van der Waals surface area contributed by atoms with Gasteiger partial charge in [0.05, 0.1) is 13.2 Å². The van der Waals surface area contributed by atoms with Crippen LogP contribution in [0.3, 0.4) is 0 Å². The lowest BCUT2D eigenvalue weighted by Crippen LogP contribution is -2.20. The Morgan fingerprint density at radius 3 is 2.57 bits per heavy atom. The number of aliphatic hydroxyl groups is 1. The predicted octanol–water partition coefficient (Wildman–Crippen LogP) is 2.74. The summed E-state index contributed by atoms with van der Waals surface area (Å²) in [5.41, 5.74) is -0.135. The third-order valence-electron chi connectivity index (χ3n) is 3.11. The van der Waals surface area contributed by atoms with Crippen LogP contribution in [0.5, 0.6) is 0 Å². The van der Waals surface area contributed by atoms with E-state index in [2.05, 4.69) is 13.8 Å². The number of rotatable bonds is 8. The van der Waals surface area contributed by atoms with Crippen molar-refractivity contribution in [3.05, 3.63) is 0 Å². The molecule has 2 heteroatoms. The molecule has 1 fully saturated rings. The zero-order valence-corrected chi connectivity index (χ0v) is 9.59. The Balaban J connectivity index is 2.01. The highest BCUT2D eigenvalue weighted by molar-refractivity contribution is 4.92. The first kappa shape index (κ1) is 12.0. The quantitative estimate of drug-likeness (QED) is 0.482. The Bertz CT molecular complexity index is 152. The standard InChI is InChI=1S/C12H24O2/c1-3-4-5-6-7-11(2)8-12(9-13)10-14-12/h11,13H,3-10H2,1-2H3/t11?,12-/m1/s1. The van der Waals surface area contributed by atoms with Gasteiger partial charge in [-0.2, -0.15) is 0 Å². The molecule has 1 rings (SSSR count). The zero-order valence-electron chi connectivity index (χ0n) is 9.59. The van der Waals surface area contributed by atoms with Crippen molar-refractivity contribution in [2.24, 2.45) is 5.92 Å². The Labute approximate surface area is 87.7 Å². The van der Waals surface area contributed by atoms with Crippen molar-refractivity contribution >= 4 is 0 Å². The fraction of sp³-hybridized carbons (Fsp3) is 1.00. The molecule has 0 aromatic carbocycles. The van der Waals surface area contributed by atoms with Crippen LogP contribution in [0.15, 0.2) is 0 Å². The van der Waals surface area contributed by atoms with Gasteiger partial charge in [0, 0.05) is 0 Å². The van der Waals surface area contributed by atoms with Gasteiger partial charge in [0.2, 0.25) is 0 Å². The minimum atomic E-state index is -0.135. The van der Waals surface area contributed by atoms with Crippen LogP contribution in [0.2, 0.25) is 0 Å². The topological polar surface area (TPSA) is 32.8 Å². The Morgan fingerprint density at radius 1 is 1.36 bits per heavy atom. The van der Waals surface area contributed by atoms with E-state index in [4.69, 9.17) is 9.84 Å². The van der Waals surface area contributed by atoms with Crippen molar-refractivity contribution in [1.29, 1.82) is 0 Å². The molecule has 0 aliphatic carbocycles. The highest BCUT2D eigenvalue weighted by Gasteiger charge is 2.44. The first-order valence-corrected chi connectivity index (χ1v) is 5.97. The molecular formula is C12H24O2. The lowest BCUT2D eigenvalue weighted by atomic mass is 9.92. The minimum absolute atomic E-state index is 0.135. The summed E-state index contributed by atoms with van der Waals surface area (Å²) in [4.78, 5) is 0. The molecule has 1 unspecified atom stereocenters. The van der Waals surface area contributed by atoms with E-state index in [-0.39, 0.29) is 12.2 Å². The SMILES string of the molecule is CCCCCCC(C)C[C@@]1(CO)CO1. The number of epoxide rings is 1. The van der Waals surface area contributed by atoms with Gasteiger partial charge in [-0.1, -0.05) is 46.0 Å². The second-order valence-electron chi connectivity index (χ2n) is 4.79. The van der Waals surface area contributed by atoms with Crippen LogP contribution >= 0.6 is 0 Å². The molecule has 2 nitrogen and oxygen atoms in total. The van der Waals surface area contributed by atoms with Gasteiger partial charge in [-0.05, 0) is 12.3 Å². The van der Waals surface area contributed by atoms with E-state index in [1.165, 1.54) is 32.1 Å². The maximum Gasteiger partial charge on any atom is 0.115 e. The fourth-order valence-electron chi connectivity index (χ4n) is 2.03. The summed E-state index contributed by atoms with van der Waals surface area (Å²) >= 11 is 0. The molecule has 0 aromatic rings. The number of hydrogen-bond acceptors (Lipinski definition) is 2. The van der Waals surface area contributed by atoms with E-state index in [1.54, 1.807) is 0 Å². The number of hydrogen-bond donors (Lipinski definition) is 1. The van der Waals surface area contributed by atoms with E-state index in [0.717, 1.165) is 13.0 Å². The molecule has 2 atom stereocenters. The summed E-state index contributed by atoms with van der Waals surface area (Å²) in [6.45, 7) is 5.47. The van der Waals surface area contributed by atoms with Gasteiger partial charge >= 0.3 is 0 Å². The molecular weight excluding hydrogens is 176 g/mol. The highest BCUT2D eigenvalue weighted by Crippen LogP contribution is 2.34. The first-order chi connectivity index (χ1) is 6.72. The Morgan fingerprint density at radius 2 is 2.07 bits per heavy atom. The van der Waals surface area contributed by atoms with Gasteiger partial charge in [0.1, 0.15) is 5.60 Å². The molecule has 1 N–H and O–H groups in total. The van der Waals surface area contributed by atoms with Crippen molar-refractivity contribution in [3.63, 3.8) is 0 Å². The monoisotopic (exact) mass is 200 g/mol. The maximum absolute atomic E-state index is 9.09. The average molecular weight is 200 g/mol. The van der Waals surface area contributed by atoms with Gasteiger partial charge in [-0.3, -0.25) is 0 Å². The lowest BCUT2D eigenvalue weighted by molar-refractivity contribution is 0.148. The minimum Gasteiger partial charge on any atom is -0.393 e. The molecule has 0 bridgehead atoms. The van der Waals surface area contributed by atoms with E-state index < -0.39 is 0 Å². The Hall–Kier alpha value is -0.0800. The molecule has 1 saturated heterocycles. The van der Waals surface area contributed by atoms with Crippen molar-refractivity contribution < 1.29 is 9.84 Å². The third kappa shape index (κ3) is 3.97. The Kier molecular flexibility index (Phi) is 4.90. The van der Waals surface area contributed by atoms with Gasteiger partial charge < -0.3 is 9.84 Å². The largest absolute Gasteiger partial charge is 0.393 e. The molecule has 0 saturated carbocycles.